The Morgan fingerprint density at radius 1 is 0.667 bits per heavy atom. The third-order valence-electron chi connectivity index (χ3n) is 10.6. The summed E-state index contributed by atoms with van der Waals surface area (Å²) >= 11 is 0. The molecule has 0 atom stereocenters. The van der Waals surface area contributed by atoms with Gasteiger partial charge in [-0.3, -0.25) is 4.98 Å². The third-order valence-corrected chi connectivity index (χ3v) is 10.6. The van der Waals surface area contributed by atoms with Crippen molar-refractivity contribution in [2.45, 2.75) is 53.3 Å². The van der Waals surface area contributed by atoms with Crippen LogP contribution in [-0.2, 0) is 7.05 Å². The number of fused-ring (bicyclic) bond motifs is 7. The monoisotopic (exact) mass is 667 g/mol. The smallest absolute Gasteiger partial charge is 0.300 e. The molecule has 250 valence electrons. The molecule has 0 aliphatic heterocycles. The van der Waals surface area contributed by atoms with Gasteiger partial charge >= 0.3 is 5.82 Å². The molecule has 0 aliphatic carbocycles. The zero-order valence-electron chi connectivity index (χ0n) is 32.9. The van der Waals surface area contributed by atoms with E-state index in [2.05, 4.69) is 141 Å². The van der Waals surface area contributed by atoms with Crippen LogP contribution in [0.25, 0.3) is 82.7 Å². The largest absolute Gasteiger partial charge is 0.454 e. The van der Waals surface area contributed by atoms with E-state index in [1.807, 2.05) is 25.1 Å². The Bertz CT molecular complexity index is 2920. The normalized spacial score (nSPS) is 13.3. The van der Waals surface area contributed by atoms with Crippen molar-refractivity contribution in [1.29, 1.82) is 0 Å². The van der Waals surface area contributed by atoms with Crippen molar-refractivity contribution in [1.82, 2.24) is 9.55 Å². The summed E-state index contributed by atoms with van der Waals surface area (Å²) in [5.41, 5.74) is 10.7. The molecule has 0 saturated heterocycles. The quantitative estimate of drug-likeness (QED) is 0.135. The lowest BCUT2D eigenvalue weighted by Gasteiger charge is -2.21. The number of hydrogen-bond donors (Lipinski definition) is 0. The van der Waals surface area contributed by atoms with Crippen molar-refractivity contribution >= 4 is 54.5 Å². The van der Waals surface area contributed by atoms with Crippen LogP contribution in [0.4, 0.5) is 0 Å². The molecule has 4 nitrogen and oxygen atoms in total. The fourth-order valence-corrected chi connectivity index (χ4v) is 8.12. The summed E-state index contributed by atoms with van der Waals surface area (Å²) in [6.45, 7) is 8.48. The van der Waals surface area contributed by atoms with Gasteiger partial charge in [0.05, 0.1) is 18.1 Å². The van der Waals surface area contributed by atoms with E-state index in [-0.39, 0.29) is 17.5 Å². The maximum atomic E-state index is 8.68. The number of nitrogens with zero attached hydrogens (tertiary/aromatic N) is 3. The van der Waals surface area contributed by atoms with Gasteiger partial charge in [-0.2, -0.15) is 4.57 Å². The molecule has 0 amide bonds. The summed E-state index contributed by atoms with van der Waals surface area (Å²) in [6, 6.07) is 40.4. The van der Waals surface area contributed by atoms with Crippen LogP contribution in [0.5, 0.6) is 0 Å². The number of para-hydroxylation sites is 2. The second kappa shape index (κ2) is 11.7. The Labute approximate surface area is 302 Å². The van der Waals surface area contributed by atoms with Crippen LogP contribution in [-0.4, -0.2) is 9.55 Å². The average Bonchev–Trinajstić information content (AvgIpc) is 3.68. The number of imidazole rings is 1. The Kier molecular flexibility index (Phi) is 6.41. The first kappa shape index (κ1) is 28.0. The van der Waals surface area contributed by atoms with E-state index >= 15 is 0 Å². The van der Waals surface area contributed by atoms with Gasteiger partial charge in [0.15, 0.2) is 16.6 Å². The molecule has 0 unspecified atom stereocenters. The van der Waals surface area contributed by atoms with E-state index in [1.54, 1.807) is 0 Å². The Balaban J connectivity index is 1.45. The van der Waals surface area contributed by atoms with E-state index in [0.29, 0.717) is 22.2 Å². The minimum Gasteiger partial charge on any atom is -0.454 e. The molecule has 0 aliphatic rings. The summed E-state index contributed by atoms with van der Waals surface area (Å²) in [5.74, 6) is 1.28. The Morgan fingerprint density at radius 2 is 1.33 bits per heavy atom. The van der Waals surface area contributed by atoms with Gasteiger partial charge in [0.25, 0.3) is 0 Å². The minimum atomic E-state index is -2.46. The second-order valence-electron chi connectivity index (χ2n) is 14.5. The molecular formula is C47H42N3O+. The number of benzene rings is 6. The van der Waals surface area contributed by atoms with Gasteiger partial charge < -0.3 is 4.42 Å². The van der Waals surface area contributed by atoms with Crippen LogP contribution in [0.3, 0.4) is 0 Å². The van der Waals surface area contributed by atoms with Crippen LogP contribution in [0, 0.1) is 13.8 Å². The highest BCUT2D eigenvalue weighted by atomic mass is 16.3. The number of rotatable bonds is 5. The number of hydrogen-bond acceptors (Lipinski definition) is 2. The van der Waals surface area contributed by atoms with Gasteiger partial charge in [-0.1, -0.05) is 100 Å². The van der Waals surface area contributed by atoms with Gasteiger partial charge in [0.2, 0.25) is 0 Å². The predicted molar refractivity (Wildman–Crippen MR) is 213 cm³/mol. The molecule has 0 radical (unpaired) electrons. The molecule has 3 heterocycles. The van der Waals surface area contributed by atoms with Crippen LogP contribution in [0.1, 0.15) is 66.2 Å². The molecule has 0 spiro atoms. The van der Waals surface area contributed by atoms with Gasteiger partial charge in [0, 0.05) is 31.7 Å². The van der Waals surface area contributed by atoms with Gasteiger partial charge in [-0.15, -0.1) is 0 Å². The molecule has 51 heavy (non-hydrogen) atoms. The lowest BCUT2D eigenvalue weighted by atomic mass is 9.88. The molecule has 0 bridgehead atoms. The van der Waals surface area contributed by atoms with Crippen molar-refractivity contribution < 1.29 is 13.1 Å². The first-order chi connectivity index (χ1) is 25.9. The predicted octanol–water partition coefficient (Wildman–Crippen LogP) is 12.3. The molecule has 4 heteroatoms. The summed E-state index contributed by atoms with van der Waals surface area (Å²) < 4.78 is 37.7. The molecule has 3 aromatic heterocycles. The highest BCUT2D eigenvalue weighted by Gasteiger charge is 2.35. The van der Waals surface area contributed by atoms with Gasteiger partial charge in [0.1, 0.15) is 16.8 Å². The van der Waals surface area contributed by atoms with E-state index in [1.165, 1.54) is 22.3 Å². The topological polar surface area (TPSA) is 34.8 Å². The number of aryl methyl sites for hydroxylation is 3. The lowest BCUT2D eigenvalue weighted by Crippen LogP contribution is -2.31. The maximum absolute atomic E-state index is 8.68. The summed E-state index contributed by atoms with van der Waals surface area (Å²) in [4.78, 5) is 4.97. The van der Waals surface area contributed by atoms with E-state index < -0.39 is 6.85 Å². The molecular weight excluding hydrogens is 623 g/mol. The Morgan fingerprint density at radius 3 is 2.04 bits per heavy atom. The minimum absolute atomic E-state index is 0.0564. The highest BCUT2D eigenvalue weighted by Crippen LogP contribution is 2.44. The van der Waals surface area contributed by atoms with Crippen molar-refractivity contribution in [2.24, 2.45) is 7.05 Å². The summed E-state index contributed by atoms with van der Waals surface area (Å²) in [6.07, 6.45) is 0. The van der Waals surface area contributed by atoms with Crippen molar-refractivity contribution in [3.05, 3.63) is 138 Å². The van der Waals surface area contributed by atoms with E-state index in [9.17, 15) is 0 Å². The average molecular weight is 668 g/mol. The fourth-order valence-electron chi connectivity index (χ4n) is 8.12. The third kappa shape index (κ3) is 4.73. The standard InChI is InChI=1S/C47H42N3O/c1-27(2)37-25-35(31-15-9-8-10-16-31)26-38(28(3)4)44(37)50-41-20-14-13-19-40(41)49(7)47(50)43-30(6)48-29(5)42-36-22-21-34-23-32-17-11-12-18-33(32)24-39(34)45(36)51-46(42)43/h8-28H,1-7H3/q+1/i5D3. The highest BCUT2D eigenvalue weighted by molar-refractivity contribution is 6.19. The van der Waals surface area contributed by atoms with Crippen LogP contribution in [0.15, 0.2) is 120 Å². The van der Waals surface area contributed by atoms with Crippen molar-refractivity contribution in [3.63, 3.8) is 0 Å². The van der Waals surface area contributed by atoms with Crippen molar-refractivity contribution in [3.8, 4) is 28.2 Å². The Hall–Kier alpha value is -5.74. The molecule has 9 rings (SSSR count). The first-order valence-electron chi connectivity index (χ1n) is 19.3. The zero-order valence-corrected chi connectivity index (χ0v) is 29.9. The molecule has 0 fully saturated rings. The molecule has 6 aromatic carbocycles. The van der Waals surface area contributed by atoms with E-state index in [0.717, 1.165) is 55.0 Å². The number of pyridine rings is 1. The first-order valence-corrected chi connectivity index (χ1v) is 17.8. The maximum Gasteiger partial charge on any atom is 0.300 e. The summed E-state index contributed by atoms with van der Waals surface area (Å²) in [5, 5.41) is 5.48. The second-order valence-corrected chi connectivity index (χ2v) is 14.5. The van der Waals surface area contributed by atoms with Crippen molar-refractivity contribution in [2.75, 3.05) is 0 Å². The van der Waals surface area contributed by atoms with Gasteiger partial charge in [-0.05, 0) is 95.4 Å². The fraction of sp³-hybridized carbons (Fsp3) is 0.191. The number of aromatic nitrogens is 3. The molecule has 9 aromatic rings. The van der Waals surface area contributed by atoms with Crippen LogP contribution < -0.4 is 4.57 Å². The zero-order chi connectivity index (χ0) is 37.6. The number of furan rings is 1. The van der Waals surface area contributed by atoms with Gasteiger partial charge in [-0.25, -0.2) is 4.57 Å². The van der Waals surface area contributed by atoms with E-state index in [4.69, 9.17) is 13.5 Å². The lowest BCUT2D eigenvalue weighted by molar-refractivity contribution is -0.633. The van der Waals surface area contributed by atoms with Crippen LogP contribution in [0.2, 0.25) is 0 Å². The van der Waals surface area contributed by atoms with Crippen LogP contribution >= 0.6 is 0 Å². The molecule has 0 N–H and O–H groups in total. The SMILES string of the molecule is [2H]C([2H])([2H])c1nc(C)c(-c2n(-c3c(C(C)C)cc(-c4ccccc4)cc3C(C)C)c3ccccc3[n+]2C)c2oc3c4cc5ccccc5cc4ccc3c12. The molecule has 0 saturated carbocycles. The summed E-state index contributed by atoms with van der Waals surface area (Å²) in [7, 11) is 2.09.